The van der Waals surface area contributed by atoms with Gasteiger partial charge in [0.2, 0.25) is 0 Å². The molecule has 1 atom stereocenters. The molecular formula is C13H21N3O2. The molecule has 1 aliphatic rings. The van der Waals surface area contributed by atoms with Crippen LogP contribution in [0.3, 0.4) is 0 Å². The molecule has 1 N–H and O–H groups in total. The number of hydrogen-bond donors (Lipinski definition) is 1. The van der Waals surface area contributed by atoms with E-state index in [0.717, 1.165) is 44.4 Å². The van der Waals surface area contributed by atoms with Crippen LogP contribution in [0.5, 0.6) is 5.75 Å². The predicted octanol–water partition coefficient (Wildman–Crippen LogP) is 1.22. The fourth-order valence-electron chi connectivity index (χ4n) is 2.11. The van der Waals surface area contributed by atoms with Gasteiger partial charge in [0.1, 0.15) is 0 Å². The number of anilines is 1. The summed E-state index contributed by atoms with van der Waals surface area (Å²) in [6, 6.07) is 4.11. The van der Waals surface area contributed by atoms with Gasteiger partial charge in [-0.2, -0.15) is 0 Å². The van der Waals surface area contributed by atoms with Gasteiger partial charge in [0.25, 0.3) is 0 Å². The topological polar surface area (TPSA) is 46.6 Å². The number of nitrogens with zero attached hydrogens (tertiary/aromatic N) is 2. The van der Waals surface area contributed by atoms with E-state index in [1.165, 1.54) is 0 Å². The van der Waals surface area contributed by atoms with Gasteiger partial charge in [-0.15, -0.1) is 0 Å². The van der Waals surface area contributed by atoms with Crippen LogP contribution in [0.15, 0.2) is 18.3 Å². The molecule has 5 nitrogen and oxygen atoms in total. The van der Waals surface area contributed by atoms with Crippen molar-refractivity contribution in [3.8, 4) is 5.75 Å². The summed E-state index contributed by atoms with van der Waals surface area (Å²) in [5, 5.41) is 3.39. The summed E-state index contributed by atoms with van der Waals surface area (Å²) in [5.74, 6) is 1.59. The molecule has 18 heavy (non-hydrogen) atoms. The summed E-state index contributed by atoms with van der Waals surface area (Å²) in [5.41, 5.74) is 0. The minimum atomic E-state index is 0.326. The third-order valence-corrected chi connectivity index (χ3v) is 3.01. The number of pyridine rings is 1. The van der Waals surface area contributed by atoms with Crippen molar-refractivity contribution in [2.24, 2.45) is 0 Å². The van der Waals surface area contributed by atoms with Gasteiger partial charge in [-0.3, -0.25) is 4.90 Å². The maximum atomic E-state index is 5.34. The summed E-state index contributed by atoms with van der Waals surface area (Å²) < 4.78 is 10.6. The Bertz CT molecular complexity index is 367. The lowest BCUT2D eigenvalue weighted by atomic mass is 10.2. The first-order valence-electron chi connectivity index (χ1n) is 6.35. The Morgan fingerprint density at radius 3 is 3.00 bits per heavy atom. The van der Waals surface area contributed by atoms with E-state index in [4.69, 9.17) is 9.47 Å². The van der Waals surface area contributed by atoms with Crippen LogP contribution in [-0.2, 0) is 4.74 Å². The number of morpholine rings is 1. The van der Waals surface area contributed by atoms with E-state index in [0.29, 0.717) is 6.04 Å². The fourth-order valence-corrected chi connectivity index (χ4v) is 2.11. The van der Waals surface area contributed by atoms with Crippen LogP contribution in [0.2, 0.25) is 0 Å². The van der Waals surface area contributed by atoms with Crippen molar-refractivity contribution in [1.82, 2.24) is 9.88 Å². The summed E-state index contributed by atoms with van der Waals surface area (Å²) in [4.78, 5) is 6.70. The molecule has 2 rings (SSSR count). The second kappa shape index (κ2) is 6.56. The second-order valence-electron chi connectivity index (χ2n) is 4.51. The van der Waals surface area contributed by atoms with Crippen molar-refractivity contribution < 1.29 is 9.47 Å². The highest BCUT2D eigenvalue weighted by Crippen LogP contribution is 2.20. The van der Waals surface area contributed by atoms with Crippen molar-refractivity contribution in [3.05, 3.63) is 18.3 Å². The van der Waals surface area contributed by atoms with Crippen LogP contribution in [0, 0.1) is 0 Å². The zero-order valence-electron chi connectivity index (χ0n) is 11.1. The Kier molecular flexibility index (Phi) is 4.78. The summed E-state index contributed by atoms with van der Waals surface area (Å²) in [6.45, 7) is 6.82. The first-order valence-corrected chi connectivity index (χ1v) is 6.35. The molecule has 1 saturated heterocycles. The first kappa shape index (κ1) is 13.1. The molecule has 1 aromatic heterocycles. The molecule has 0 spiro atoms. The summed E-state index contributed by atoms with van der Waals surface area (Å²) in [6.07, 6.45) is 1.77. The van der Waals surface area contributed by atoms with E-state index in [9.17, 15) is 0 Å². The molecule has 0 bridgehead atoms. The molecule has 0 aromatic carbocycles. The predicted molar refractivity (Wildman–Crippen MR) is 71.1 cm³/mol. The number of aromatic nitrogens is 1. The molecule has 100 valence electrons. The average Bonchev–Trinajstić information content (AvgIpc) is 2.40. The number of hydrogen-bond acceptors (Lipinski definition) is 5. The standard InChI is InChI=1S/C13H21N3O2/c1-11(10-16-6-8-18-9-7-16)15-13-12(17-2)4-3-5-14-13/h3-5,11H,6-10H2,1-2H3,(H,14,15). The molecule has 1 aliphatic heterocycles. The van der Waals surface area contributed by atoms with E-state index in [2.05, 4.69) is 22.1 Å². The number of methoxy groups -OCH3 is 1. The highest BCUT2D eigenvalue weighted by Gasteiger charge is 2.14. The number of ether oxygens (including phenoxy) is 2. The third-order valence-electron chi connectivity index (χ3n) is 3.01. The number of rotatable bonds is 5. The van der Waals surface area contributed by atoms with Crippen LogP contribution < -0.4 is 10.1 Å². The zero-order chi connectivity index (χ0) is 12.8. The lowest BCUT2D eigenvalue weighted by molar-refractivity contribution is 0.0368. The van der Waals surface area contributed by atoms with Crippen LogP contribution in [0.25, 0.3) is 0 Å². The van der Waals surface area contributed by atoms with Gasteiger partial charge in [0.05, 0.1) is 20.3 Å². The minimum Gasteiger partial charge on any atom is -0.493 e. The van der Waals surface area contributed by atoms with Gasteiger partial charge < -0.3 is 14.8 Å². The highest BCUT2D eigenvalue weighted by molar-refractivity contribution is 5.49. The molecule has 2 heterocycles. The smallest absolute Gasteiger partial charge is 0.168 e. The quantitative estimate of drug-likeness (QED) is 0.852. The van der Waals surface area contributed by atoms with Crippen LogP contribution in [0.4, 0.5) is 5.82 Å². The summed E-state index contributed by atoms with van der Waals surface area (Å²) in [7, 11) is 1.66. The average molecular weight is 251 g/mol. The van der Waals surface area contributed by atoms with E-state index >= 15 is 0 Å². The molecule has 1 unspecified atom stereocenters. The van der Waals surface area contributed by atoms with Crippen molar-refractivity contribution in [3.63, 3.8) is 0 Å². The number of nitrogens with one attached hydrogen (secondary N) is 1. The molecule has 0 radical (unpaired) electrons. The van der Waals surface area contributed by atoms with E-state index < -0.39 is 0 Å². The van der Waals surface area contributed by atoms with Gasteiger partial charge in [0, 0.05) is 31.9 Å². The van der Waals surface area contributed by atoms with Crippen molar-refractivity contribution in [2.45, 2.75) is 13.0 Å². The monoisotopic (exact) mass is 251 g/mol. The van der Waals surface area contributed by atoms with Gasteiger partial charge in [-0.25, -0.2) is 4.98 Å². The first-order chi connectivity index (χ1) is 8.79. The van der Waals surface area contributed by atoms with Gasteiger partial charge in [-0.1, -0.05) is 0 Å². The lowest BCUT2D eigenvalue weighted by Gasteiger charge is -2.29. The van der Waals surface area contributed by atoms with E-state index in [-0.39, 0.29) is 0 Å². The fraction of sp³-hybridized carbons (Fsp3) is 0.615. The molecule has 1 fully saturated rings. The van der Waals surface area contributed by atoms with Gasteiger partial charge in [-0.05, 0) is 19.1 Å². The van der Waals surface area contributed by atoms with Crippen LogP contribution >= 0.6 is 0 Å². The Morgan fingerprint density at radius 2 is 2.28 bits per heavy atom. The Balaban J connectivity index is 1.87. The Morgan fingerprint density at radius 1 is 1.50 bits per heavy atom. The van der Waals surface area contributed by atoms with E-state index in [1.54, 1.807) is 13.3 Å². The molecule has 5 heteroatoms. The van der Waals surface area contributed by atoms with Crippen molar-refractivity contribution in [1.29, 1.82) is 0 Å². The molecule has 1 aromatic rings. The minimum absolute atomic E-state index is 0.326. The molecule has 0 saturated carbocycles. The lowest BCUT2D eigenvalue weighted by Crippen LogP contribution is -2.42. The maximum absolute atomic E-state index is 5.34. The van der Waals surface area contributed by atoms with Crippen LogP contribution in [0.1, 0.15) is 6.92 Å². The molecule has 0 amide bonds. The summed E-state index contributed by atoms with van der Waals surface area (Å²) >= 11 is 0. The van der Waals surface area contributed by atoms with Crippen molar-refractivity contribution >= 4 is 5.82 Å². The Labute approximate surface area is 108 Å². The second-order valence-corrected chi connectivity index (χ2v) is 4.51. The van der Waals surface area contributed by atoms with Gasteiger partial charge in [0.15, 0.2) is 11.6 Å². The zero-order valence-corrected chi connectivity index (χ0v) is 11.1. The SMILES string of the molecule is COc1cccnc1NC(C)CN1CCOCC1. The maximum Gasteiger partial charge on any atom is 0.168 e. The largest absolute Gasteiger partial charge is 0.493 e. The normalized spacial score (nSPS) is 18.3. The third kappa shape index (κ3) is 3.58. The molecule has 0 aliphatic carbocycles. The van der Waals surface area contributed by atoms with Gasteiger partial charge >= 0.3 is 0 Å². The van der Waals surface area contributed by atoms with Crippen LogP contribution in [-0.4, -0.2) is 55.9 Å². The molecular weight excluding hydrogens is 230 g/mol. The Hall–Kier alpha value is -1.33. The van der Waals surface area contributed by atoms with E-state index in [1.807, 2.05) is 12.1 Å². The van der Waals surface area contributed by atoms with Crippen molar-refractivity contribution in [2.75, 3.05) is 45.3 Å². The highest BCUT2D eigenvalue weighted by atomic mass is 16.5.